The molecule has 2 rings (SSSR count). The van der Waals surface area contributed by atoms with Crippen molar-refractivity contribution >= 4 is 5.82 Å². The first-order chi connectivity index (χ1) is 9.56. The van der Waals surface area contributed by atoms with Crippen LogP contribution in [0.3, 0.4) is 0 Å². The molecule has 3 heteroatoms. The van der Waals surface area contributed by atoms with Crippen LogP contribution in [0.2, 0.25) is 0 Å². The van der Waals surface area contributed by atoms with Gasteiger partial charge >= 0.3 is 0 Å². The van der Waals surface area contributed by atoms with Crippen molar-refractivity contribution in [2.45, 2.75) is 72.0 Å². The second-order valence-electron chi connectivity index (χ2n) is 6.40. The lowest BCUT2D eigenvalue weighted by Gasteiger charge is -2.29. The third-order valence-electron chi connectivity index (χ3n) is 4.06. The van der Waals surface area contributed by atoms with E-state index in [2.05, 4.69) is 50.0 Å². The lowest BCUT2D eigenvalue weighted by Crippen LogP contribution is -2.33. The lowest BCUT2D eigenvalue weighted by molar-refractivity contribution is 0.586. The molecule has 1 saturated heterocycles. The van der Waals surface area contributed by atoms with Gasteiger partial charge in [-0.1, -0.05) is 26.7 Å². The maximum absolute atomic E-state index is 4.77. The highest BCUT2D eigenvalue weighted by molar-refractivity contribution is 5.43. The largest absolute Gasteiger partial charge is 0.354 e. The molecule has 1 fully saturated rings. The van der Waals surface area contributed by atoms with Crippen molar-refractivity contribution in [3.05, 3.63) is 23.4 Å². The number of pyridine rings is 1. The Hall–Kier alpha value is -1.09. The second kappa shape index (κ2) is 7.07. The van der Waals surface area contributed by atoms with Crippen LogP contribution in [0.4, 0.5) is 5.82 Å². The van der Waals surface area contributed by atoms with Gasteiger partial charge in [0.15, 0.2) is 0 Å². The number of nitrogens with zero attached hydrogens (tertiary/aromatic N) is 2. The molecule has 1 aliphatic rings. The molecule has 20 heavy (non-hydrogen) atoms. The van der Waals surface area contributed by atoms with Gasteiger partial charge in [0.05, 0.1) is 0 Å². The minimum atomic E-state index is 0.518. The van der Waals surface area contributed by atoms with E-state index in [1.165, 1.54) is 37.1 Å². The summed E-state index contributed by atoms with van der Waals surface area (Å²) in [5.74, 6) is 1.17. The van der Waals surface area contributed by atoms with E-state index in [-0.39, 0.29) is 0 Å². The summed E-state index contributed by atoms with van der Waals surface area (Å²) < 4.78 is 0. The molecule has 112 valence electrons. The Bertz CT molecular complexity index is 428. The first-order valence-electron chi connectivity index (χ1n) is 8.04. The van der Waals surface area contributed by atoms with Crippen LogP contribution >= 0.6 is 0 Å². The van der Waals surface area contributed by atoms with Gasteiger partial charge in [-0.05, 0) is 44.4 Å². The maximum Gasteiger partial charge on any atom is 0.129 e. The second-order valence-corrected chi connectivity index (χ2v) is 6.40. The van der Waals surface area contributed by atoms with Gasteiger partial charge in [0.2, 0.25) is 0 Å². The summed E-state index contributed by atoms with van der Waals surface area (Å²) in [7, 11) is 0. The molecule has 1 aromatic heterocycles. The van der Waals surface area contributed by atoms with Crippen molar-refractivity contribution in [1.82, 2.24) is 10.3 Å². The number of aryl methyl sites for hydroxylation is 1. The first kappa shape index (κ1) is 15.3. The Labute approximate surface area is 123 Å². The van der Waals surface area contributed by atoms with Crippen LogP contribution in [0.25, 0.3) is 0 Å². The van der Waals surface area contributed by atoms with E-state index in [1.807, 2.05) is 0 Å². The van der Waals surface area contributed by atoms with E-state index < -0.39 is 0 Å². The highest BCUT2D eigenvalue weighted by atomic mass is 15.2. The van der Waals surface area contributed by atoms with Crippen LogP contribution in [-0.4, -0.2) is 23.6 Å². The summed E-state index contributed by atoms with van der Waals surface area (Å²) in [6, 6.07) is 5.59. The summed E-state index contributed by atoms with van der Waals surface area (Å²) in [6.45, 7) is 10.9. The average molecular weight is 275 g/mol. The molecule has 1 atom stereocenters. The summed E-state index contributed by atoms with van der Waals surface area (Å²) in [4.78, 5) is 7.27. The molecular formula is C17H29N3. The summed E-state index contributed by atoms with van der Waals surface area (Å²) in [5, 5.41) is 3.50. The Morgan fingerprint density at radius 2 is 2.10 bits per heavy atom. The predicted molar refractivity (Wildman–Crippen MR) is 86.2 cm³/mol. The molecule has 1 unspecified atom stereocenters. The molecule has 3 nitrogen and oxygen atoms in total. The van der Waals surface area contributed by atoms with Gasteiger partial charge in [-0.2, -0.15) is 0 Å². The molecule has 0 aromatic carbocycles. The minimum absolute atomic E-state index is 0.518. The van der Waals surface area contributed by atoms with E-state index in [1.54, 1.807) is 0 Å². The topological polar surface area (TPSA) is 28.2 Å². The SMILES string of the molecule is Cc1cc(CNC(C)C)cc(N2CCCCCC2C)n1. The highest BCUT2D eigenvalue weighted by Crippen LogP contribution is 2.23. The van der Waals surface area contributed by atoms with E-state index in [0.29, 0.717) is 12.1 Å². The van der Waals surface area contributed by atoms with Gasteiger partial charge in [-0.25, -0.2) is 4.98 Å². The molecule has 1 N–H and O–H groups in total. The maximum atomic E-state index is 4.77. The molecule has 0 radical (unpaired) electrons. The number of anilines is 1. The molecule has 1 aliphatic heterocycles. The average Bonchev–Trinajstić information content (AvgIpc) is 2.60. The zero-order valence-electron chi connectivity index (χ0n) is 13.4. The van der Waals surface area contributed by atoms with Crippen molar-refractivity contribution in [1.29, 1.82) is 0 Å². The van der Waals surface area contributed by atoms with Gasteiger partial charge in [0.25, 0.3) is 0 Å². The van der Waals surface area contributed by atoms with Gasteiger partial charge in [0.1, 0.15) is 5.82 Å². The molecule has 0 bridgehead atoms. The number of nitrogens with one attached hydrogen (secondary N) is 1. The molecule has 0 aliphatic carbocycles. The van der Waals surface area contributed by atoms with Crippen molar-refractivity contribution in [3.8, 4) is 0 Å². The lowest BCUT2D eigenvalue weighted by atomic mass is 10.1. The number of hydrogen-bond donors (Lipinski definition) is 1. The first-order valence-corrected chi connectivity index (χ1v) is 8.04. The fourth-order valence-electron chi connectivity index (χ4n) is 2.91. The van der Waals surface area contributed by atoms with Crippen LogP contribution in [0.15, 0.2) is 12.1 Å². The monoisotopic (exact) mass is 275 g/mol. The zero-order chi connectivity index (χ0) is 14.5. The summed E-state index contributed by atoms with van der Waals surface area (Å²) in [6.07, 6.45) is 5.29. The van der Waals surface area contributed by atoms with E-state index in [0.717, 1.165) is 18.8 Å². The third kappa shape index (κ3) is 4.20. The number of hydrogen-bond acceptors (Lipinski definition) is 3. The fraction of sp³-hybridized carbons (Fsp3) is 0.706. The minimum Gasteiger partial charge on any atom is -0.354 e. The van der Waals surface area contributed by atoms with Gasteiger partial charge in [0, 0.05) is 30.9 Å². The van der Waals surface area contributed by atoms with Crippen molar-refractivity contribution in [3.63, 3.8) is 0 Å². The van der Waals surface area contributed by atoms with Crippen LogP contribution < -0.4 is 10.2 Å². The molecule has 2 heterocycles. The number of rotatable bonds is 4. The molecule has 0 saturated carbocycles. The Kier molecular flexibility index (Phi) is 5.41. The molecule has 0 amide bonds. The van der Waals surface area contributed by atoms with Crippen molar-refractivity contribution in [2.24, 2.45) is 0 Å². The molecular weight excluding hydrogens is 246 g/mol. The number of aromatic nitrogens is 1. The van der Waals surface area contributed by atoms with Crippen LogP contribution in [0, 0.1) is 6.92 Å². The standard InChI is InChI=1S/C17H29N3/c1-13(2)18-12-16-10-14(3)19-17(11-16)20-9-7-5-6-8-15(20)4/h10-11,13,15,18H,5-9,12H2,1-4H3. The quantitative estimate of drug-likeness (QED) is 0.909. The predicted octanol–water partition coefficient (Wildman–Crippen LogP) is 3.66. The smallest absolute Gasteiger partial charge is 0.129 e. The van der Waals surface area contributed by atoms with Crippen LogP contribution in [0.5, 0.6) is 0 Å². The summed E-state index contributed by atoms with van der Waals surface area (Å²) >= 11 is 0. The Morgan fingerprint density at radius 3 is 2.85 bits per heavy atom. The van der Waals surface area contributed by atoms with Gasteiger partial charge in [-0.15, -0.1) is 0 Å². The zero-order valence-corrected chi connectivity index (χ0v) is 13.4. The van der Waals surface area contributed by atoms with Gasteiger partial charge in [-0.3, -0.25) is 0 Å². The van der Waals surface area contributed by atoms with Crippen LogP contribution in [0.1, 0.15) is 57.7 Å². The van der Waals surface area contributed by atoms with E-state index in [4.69, 9.17) is 4.98 Å². The fourth-order valence-corrected chi connectivity index (χ4v) is 2.91. The van der Waals surface area contributed by atoms with Crippen molar-refractivity contribution in [2.75, 3.05) is 11.4 Å². The Morgan fingerprint density at radius 1 is 1.30 bits per heavy atom. The molecule has 1 aromatic rings. The summed E-state index contributed by atoms with van der Waals surface area (Å²) in [5.41, 5.74) is 2.47. The van der Waals surface area contributed by atoms with Gasteiger partial charge < -0.3 is 10.2 Å². The third-order valence-corrected chi connectivity index (χ3v) is 4.06. The van der Waals surface area contributed by atoms with E-state index >= 15 is 0 Å². The Balaban J connectivity index is 2.17. The highest BCUT2D eigenvalue weighted by Gasteiger charge is 2.18. The van der Waals surface area contributed by atoms with E-state index in [9.17, 15) is 0 Å². The molecule has 0 spiro atoms. The van der Waals surface area contributed by atoms with Crippen LogP contribution in [-0.2, 0) is 6.54 Å². The van der Waals surface area contributed by atoms with Crippen molar-refractivity contribution < 1.29 is 0 Å². The normalized spacial score (nSPS) is 20.2.